The average Bonchev–Trinajstić information content (AvgIpc) is 2.92. The second-order valence-electron chi connectivity index (χ2n) is 5.73. The van der Waals surface area contributed by atoms with Crippen LogP contribution in [0.3, 0.4) is 0 Å². The number of nitrogens with one attached hydrogen (secondary N) is 2. The molecule has 1 atom stereocenters. The first-order chi connectivity index (χ1) is 11.6. The fourth-order valence-electron chi connectivity index (χ4n) is 2.78. The predicted octanol–water partition coefficient (Wildman–Crippen LogP) is 2.03. The highest BCUT2D eigenvalue weighted by molar-refractivity contribution is 5.93. The van der Waals surface area contributed by atoms with Gasteiger partial charge in [-0.15, -0.1) is 0 Å². The van der Waals surface area contributed by atoms with E-state index < -0.39 is 11.5 Å². The first-order valence-electron chi connectivity index (χ1n) is 7.99. The highest BCUT2D eigenvalue weighted by Crippen LogP contribution is 2.35. The van der Waals surface area contributed by atoms with Gasteiger partial charge in [-0.2, -0.15) is 0 Å². The minimum Gasteiger partial charge on any atom is -0.494 e. The molecule has 2 aromatic rings. The van der Waals surface area contributed by atoms with Crippen LogP contribution in [-0.2, 0) is 13.0 Å². The molecule has 1 aliphatic heterocycles. The van der Waals surface area contributed by atoms with Crippen LogP contribution in [0.25, 0.3) is 0 Å². The number of ether oxygens (including phenoxy) is 2. The van der Waals surface area contributed by atoms with E-state index in [1.54, 1.807) is 6.07 Å². The third-order valence-electron chi connectivity index (χ3n) is 3.88. The Kier molecular flexibility index (Phi) is 4.55. The summed E-state index contributed by atoms with van der Waals surface area (Å²) in [5, 5.41) is 2.76. The van der Waals surface area contributed by atoms with E-state index in [2.05, 4.69) is 10.3 Å². The van der Waals surface area contributed by atoms with E-state index in [9.17, 15) is 9.59 Å². The van der Waals surface area contributed by atoms with Gasteiger partial charge in [0.05, 0.1) is 6.61 Å². The van der Waals surface area contributed by atoms with Crippen LogP contribution in [0.15, 0.2) is 35.3 Å². The van der Waals surface area contributed by atoms with Crippen LogP contribution in [-0.4, -0.2) is 23.6 Å². The topological polar surface area (TPSA) is 80.4 Å². The van der Waals surface area contributed by atoms with Crippen molar-refractivity contribution >= 4 is 5.91 Å². The van der Waals surface area contributed by atoms with Gasteiger partial charge in [0.25, 0.3) is 11.5 Å². The van der Waals surface area contributed by atoms with E-state index in [0.717, 1.165) is 29.0 Å². The van der Waals surface area contributed by atoms with Crippen LogP contribution < -0.4 is 20.3 Å². The van der Waals surface area contributed by atoms with Crippen molar-refractivity contribution in [2.45, 2.75) is 32.9 Å². The lowest BCUT2D eigenvalue weighted by atomic mass is 10.1. The van der Waals surface area contributed by atoms with Crippen LogP contribution >= 0.6 is 0 Å². The molecule has 0 spiro atoms. The molecule has 0 fully saturated rings. The maximum Gasteiger partial charge on any atom is 0.260 e. The van der Waals surface area contributed by atoms with Crippen molar-refractivity contribution in [3.63, 3.8) is 0 Å². The van der Waals surface area contributed by atoms with Gasteiger partial charge in [0.2, 0.25) is 0 Å². The van der Waals surface area contributed by atoms with E-state index in [0.29, 0.717) is 6.61 Å². The maximum atomic E-state index is 12.2. The third-order valence-corrected chi connectivity index (χ3v) is 3.88. The van der Waals surface area contributed by atoms with Crippen LogP contribution in [0, 0.1) is 0 Å². The number of aromatic amines is 1. The molecule has 126 valence electrons. The standard InChI is InChI=1S/C18H20N2O4/c1-3-23-15-8-12-7-11(2)24-16(12)9-13(15)10-20-18(22)14-5-4-6-19-17(14)21/h4-6,8-9,11H,3,7,10H2,1-2H3,(H,19,21)(H,20,22)/t11-/m0/s1. The van der Waals surface area contributed by atoms with Gasteiger partial charge >= 0.3 is 0 Å². The van der Waals surface area contributed by atoms with Crippen LogP contribution in [0.2, 0.25) is 0 Å². The van der Waals surface area contributed by atoms with Crippen molar-refractivity contribution in [2.75, 3.05) is 6.61 Å². The molecular formula is C18H20N2O4. The highest BCUT2D eigenvalue weighted by atomic mass is 16.5. The average molecular weight is 328 g/mol. The SMILES string of the molecule is CCOc1cc2c(cc1CNC(=O)c1ccc[nH]c1=O)O[C@@H](C)C2. The molecule has 1 aliphatic rings. The quantitative estimate of drug-likeness (QED) is 0.880. The van der Waals surface area contributed by atoms with Gasteiger partial charge in [-0.1, -0.05) is 0 Å². The summed E-state index contributed by atoms with van der Waals surface area (Å²) < 4.78 is 11.5. The number of amides is 1. The smallest absolute Gasteiger partial charge is 0.260 e. The molecule has 0 bridgehead atoms. The first kappa shape index (κ1) is 16.1. The number of benzene rings is 1. The minimum atomic E-state index is -0.422. The van der Waals surface area contributed by atoms with Crippen molar-refractivity contribution in [1.29, 1.82) is 0 Å². The molecule has 24 heavy (non-hydrogen) atoms. The lowest BCUT2D eigenvalue weighted by Crippen LogP contribution is -2.29. The van der Waals surface area contributed by atoms with Crippen LogP contribution in [0.5, 0.6) is 11.5 Å². The zero-order valence-corrected chi connectivity index (χ0v) is 13.7. The van der Waals surface area contributed by atoms with Gasteiger partial charge in [-0.25, -0.2) is 0 Å². The zero-order chi connectivity index (χ0) is 17.1. The second-order valence-corrected chi connectivity index (χ2v) is 5.73. The Hall–Kier alpha value is -2.76. The van der Waals surface area contributed by atoms with Crippen molar-refractivity contribution in [3.05, 3.63) is 57.5 Å². The highest BCUT2D eigenvalue weighted by Gasteiger charge is 2.22. The Bertz CT molecular complexity index is 813. The van der Waals surface area contributed by atoms with E-state index in [4.69, 9.17) is 9.47 Å². The number of carbonyl (C=O) groups is 1. The fourth-order valence-corrected chi connectivity index (χ4v) is 2.78. The maximum absolute atomic E-state index is 12.2. The molecule has 3 rings (SSSR count). The van der Waals surface area contributed by atoms with E-state index in [1.165, 1.54) is 12.3 Å². The Morgan fingerprint density at radius 1 is 1.46 bits per heavy atom. The Morgan fingerprint density at radius 2 is 2.29 bits per heavy atom. The second kappa shape index (κ2) is 6.78. The number of hydrogen-bond donors (Lipinski definition) is 2. The molecule has 0 aliphatic carbocycles. The van der Waals surface area contributed by atoms with Gasteiger partial charge in [0.1, 0.15) is 23.2 Å². The number of rotatable bonds is 5. The van der Waals surface area contributed by atoms with Gasteiger partial charge < -0.3 is 19.8 Å². The summed E-state index contributed by atoms with van der Waals surface area (Å²) in [6, 6.07) is 6.98. The molecule has 2 N–H and O–H groups in total. The molecule has 1 aromatic heterocycles. The minimum absolute atomic E-state index is 0.0847. The first-order valence-corrected chi connectivity index (χ1v) is 7.99. The summed E-state index contributed by atoms with van der Waals surface area (Å²) in [7, 11) is 0. The number of hydrogen-bond acceptors (Lipinski definition) is 4. The van der Waals surface area contributed by atoms with Crippen molar-refractivity contribution in [2.24, 2.45) is 0 Å². The fraction of sp³-hybridized carbons (Fsp3) is 0.333. The summed E-state index contributed by atoms with van der Waals surface area (Å²) in [4.78, 5) is 26.3. The van der Waals surface area contributed by atoms with E-state index in [-0.39, 0.29) is 18.2 Å². The summed E-state index contributed by atoms with van der Waals surface area (Å²) in [5.74, 6) is 1.14. The molecule has 0 saturated heterocycles. The molecule has 2 heterocycles. The number of fused-ring (bicyclic) bond motifs is 1. The molecule has 0 saturated carbocycles. The summed E-state index contributed by atoms with van der Waals surface area (Å²) in [5.41, 5.74) is 1.61. The zero-order valence-electron chi connectivity index (χ0n) is 13.7. The molecule has 0 radical (unpaired) electrons. The van der Waals surface area contributed by atoms with Crippen LogP contribution in [0.1, 0.15) is 35.3 Å². The van der Waals surface area contributed by atoms with Crippen molar-refractivity contribution in [3.8, 4) is 11.5 Å². The molecular weight excluding hydrogens is 308 g/mol. The summed E-state index contributed by atoms with van der Waals surface area (Å²) in [6.07, 6.45) is 2.48. The Morgan fingerprint density at radius 3 is 3.04 bits per heavy atom. The number of carbonyl (C=O) groups excluding carboxylic acids is 1. The normalized spacial score (nSPS) is 15.5. The predicted molar refractivity (Wildman–Crippen MR) is 89.6 cm³/mol. The molecule has 1 amide bonds. The molecule has 0 unspecified atom stereocenters. The third kappa shape index (κ3) is 3.27. The van der Waals surface area contributed by atoms with Gasteiger partial charge in [-0.3, -0.25) is 9.59 Å². The number of pyridine rings is 1. The van der Waals surface area contributed by atoms with E-state index >= 15 is 0 Å². The largest absolute Gasteiger partial charge is 0.494 e. The van der Waals surface area contributed by atoms with Gasteiger partial charge in [-0.05, 0) is 38.1 Å². The van der Waals surface area contributed by atoms with E-state index in [1.807, 2.05) is 26.0 Å². The summed E-state index contributed by atoms with van der Waals surface area (Å²) in [6.45, 7) is 4.73. The lowest BCUT2D eigenvalue weighted by Gasteiger charge is -2.13. The van der Waals surface area contributed by atoms with Crippen molar-refractivity contribution < 1.29 is 14.3 Å². The lowest BCUT2D eigenvalue weighted by molar-refractivity contribution is 0.0949. The Balaban J connectivity index is 1.79. The number of aromatic nitrogens is 1. The molecule has 6 nitrogen and oxygen atoms in total. The monoisotopic (exact) mass is 328 g/mol. The molecule has 6 heteroatoms. The summed E-state index contributed by atoms with van der Waals surface area (Å²) >= 11 is 0. The van der Waals surface area contributed by atoms with Gasteiger partial charge in [0, 0.05) is 30.3 Å². The van der Waals surface area contributed by atoms with Crippen LogP contribution in [0.4, 0.5) is 0 Å². The van der Waals surface area contributed by atoms with Gasteiger partial charge in [0.15, 0.2) is 0 Å². The van der Waals surface area contributed by atoms with Crippen molar-refractivity contribution in [1.82, 2.24) is 10.3 Å². The Labute approximate surface area is 139 Å². The number of H-pyrrole nitrogens is 1. The molecule has 1 aromatic carbocycles.